The standard InChI is InChI=1S/C19H20F3N3O4/c1-25(11-13-4-5-15-16(9-13)28-8-7-27-15)18(26)24-10-14-3-2-6-23-17(14)29-12-19(20,21)22/h2-6,9H,7-8,10-12H2,1H3,(H,24,26). The average Bonchev–Trinajstić information content (AvgIpc) is 2.70. The van der Waals surface area contributed by atoms with E-state index in [2.05, 4.69) is 10.3 Å². The van der Waals surface area contributed by atoms with Gasteiger partial charge in [-0.15, -0.1) is 0 Å². The monoisotopic (exact) mass is 411 g/mol. The van der Waals surface area contributed by atoms with E-state index in [-0.39, 0.29) is 12.4 Å². The minimum absolute atomic E-state index is 0.0225. The molecule has 29 heavy (non-hydrogen) atoms. The van der Waals surface area contributed by atoms with Gasteiger partial charge in [0.2, 0.25) is 5.88 Å². The Bertz CT molecular complexity index is 861. The maximum Gasteiger partial charge on any atom is 0.422 e. The third kappa shape index (κ3) is 5.90. The molecule has 1 aromatic carbocycles. The number of hydrogen-bond acceptors (Lipinski definition) is 5. The summed E-state index contributed by atoms with van der Waals surface area (Å²) >= 11 is 0. The molecule has 2 heterocycles. The molecule has 1 aliphatic heterocycles. The van der Waals surface area contributed by atoms with Gasteiger partial charge in [-0.3, -0.25) is 0 Å². The second-order valence-electron chi connectivity index (χ2n) is 6.36. The number of halogens is 3. The Morgan fingerprint density at radius 3 is 2.76 bits per heavy atom. The fraction of sp³-hybridized carbons (Fsp3) is 0.368. The molecule has 0 radical (unpaired) electrons. The van der Waals surface area contributed by atoms with Crippen molar-refractivity contribution in [3.8, 4) is 17.4 Å². The second kappa shape index (κ2) is 8.89. The van der Waals surface area contributed by atoms with Crippen molar-refractivity contribution < 1.29 is 32.2 Å². The van der Waals surface area contributed by atoms with Gasteiger partial charge in [0.15, 0.2) is 18.1 Å². The lowest BCUT2D eigenvalue weighted by atomic mass is 10.2. The summed E-state index contributed by atoms with van der Waals surface area (Å²) in [6.07, 6.45) is -3.15. The molecule has 0 fully saturated rings. The van der Waals surface area contributed by atoms with Gasteiger partial charge in [0.25, 0.3) is 0 Å². The lowest BCUT2D eigenvalue weighted by Crippen LogP contribution is -2.36. The van der Waals surface area contributed by atoms with E-state index in [0.29, 0.717) is 36.8 Å². The number of rotatable bonds is 6. The first-order valence-corrected chi connectivity index (χ1v) is 8.83. The predicted octanol–water partition coefficient (Wildman–Crippen LogP) is 3.14. The van der Waals surface area contributed by atoms with Gasteiger partial charge in [0.05, 0.1) is 0 Å². The van der Waals surface area contributed by atoms with Crippen molar-refractivity contribution in [2.24, 2.45) is 0 Å². The van der Waals surface area contributed by atoms with Gasteiger partial charge in [-0.25, -0.2) is 9.78 Å². The Kier molecular flexibility index (Phi) is 6.30. The fourth-order valence-corrected chi connectivity index (χ4v) is 2.68. The maximum atomic E-state index is 12.4. The van der Waals surface area contributed by atoms with Crippen LogP contribution < -0.4 is 19.5 Å². The Labute approximate surface area is 165 Å². The van der Waals surface area contributed by atoms with E-state index < -0.39 is 18.8 Å². The molecule has 0 saturated heterocycles. The molecule has 2 amide bonds. The number of ether oxygens (including phenoxy) is 3. The first-order valence-electron chi connectivity index (χ1n) is 8.83. The predicted molar refractivity (Wildman–Crippen MR) is 96.9 cm³/mol. The zero-order chi connectivity index (χ0) is 20.9. The van der Waals surface area contributed by atoms with Gasteiger partial charge in [-0.1, -0.05) is 12.1 Å². The number of carbonyl (C=O) groups excluding carboxylic acids is 1. The number of nitrogens with one attached hydrogen (secondary N) is 1. The summed E-state index contributed by atoms with van der Waals surface area (Å²) in [5, 5.41) is 2.65. The zero-order valence-corrected chi connectivity index (χ0v) is 15.7. The molecule has 2 aromatic rings. The SMILES string of the molecule is CN(Cc1ccc2c(c1)OCCO2)C(=O)NCc1cccnc1OCC(F)(F)F. The topological polar surface area (TPSA) is 72.9 Å². The highest BCUT2D eigenvalue weighted by Gasteiger charge is 2.29. The quantitative estimate of drug-likeness (QED) is 0.791. The molecule has 0 aliphatic carbocycles. The van der Waals surface area contributed by atoms with Crippen LogP contribution in [-0.4, -0.2) is 49.0 Å². The largest absolute Gasteiger partial charge is 0.486 e. The fourth-order valence-electron chi connectivity index (χ4n) is 2.68. The maximum absolute atomic E-state index is 12.4. The van der Waals surface area contributed by atoms with Crippen LogP contribution in [0.15, 0.2) is 36.5 Å². The molecule has 1 aliphatic rings. The molecule has 1 aromatic heterocycles. The van der Waals surface area contributed by atoms with Crippen molar-refractivity contribution >= 4 is 6.03 Å². The van der Waals surface area contributed by atoms with Crippen LogP contribution in [0.5, 0.6) is 17.4 Å². The lowest BCUT2D eigenvalue weighted by Gasteiger charge is -2.21. The molecule has 3 rings (SSSR count). The van der Waals surface area contributed by atoms with Crippen LogP contribution in [-0.2, 0) is 13.1 Å². The zero-order valence-electron chi connectivity index (χ0n) is 15.7. The second-order valence-corrected chi connectivity index (χ2v) is 6.36. The van der Waals surface area contributed by atoms with Crippen LogP contribution in [0.4, 0.5) is 18.0 Å². The van der Waals surface area contributed by atoms with Crippen LogP contribution in [0.25, 0.3) is 0 Å². The van der Waals surface area contributed by atoms with Crippen molar-refractivity contribution in [1.82, 2.24) is 15.2 Å². The summed E-state index contributed by atoms with van der Waals surface area (Å²) in [5.74, 6) is 1.12. The number of fused-ring (bicyclic) bond motifs is 1. The van der Waals surface area contributed by atoms with Gasteiger partial charge >= 0.3 is 12.2 Å². The number of amides is 2. The number of pyridine rings is 1. The molecule has 0 unspecified atom stereocenters. The molecular weight excluding hydrogens is 391 g/mol. The number of benzene rings is 1. The highest BCUT2D eigenvalue weighted by Crippen LogP contribution is 2.31. The summed E-state index contributed by atoms with van der Waals surface area (Å²) < 4.78 is 52.8. The normalized spacial score (nSPS) is 13.0. The van der Waals surface area contributed by atoms with E-state index in [9.17, 15) is 18.0 Å². The van der Waals surface area contributed by atoms with Gasteiger partial charge < -0.3 is 24.4 Å². The van der Waals surface area contributed by atoms with Crippen LogP contribution in [0.3, 0.4) is 0 Å². The lowest BCUT2D eigenvalue weighted by molar-refractivity contribution is -0.154. The summed E-state index contributed by atoms with van der Waals surface area (Å²) in [4.78, 5) is 17.6. The molecule has 0 spiro atoms. The molecular formula is C19H20F3N3O4. The van der Waals surface area contributed by atoms with Gasteiger partial charge in [-0.2, -0.15) is 13.2 Å². The van der Waals surface area contributed by atoms with E-state index >= 15 is 0 Å². The molecule has 0 saturated carbocycles. The Morgan fingerprint density at radius 2 is 2.00 bits per heavy atom. The number of carbonyl (C=O) groups is 1. The van der Waals surface area contributed by atoms with E-state index in [1.807, 2.05) is 12.1 Å². The summed E-state index contributed by atoms with van der Waals surface area (Å²) in [5.41, 5.74) is 1.19. The van der Waals surface area contributed by atoms with E-state index in [1.165, 1.54) is 11.1 Å². The molecule has 156 valence electrons. The summed E-state index contributed by atoms with van der Waals surface area (Å²) in [6.45, 7) is -0.193. The smallest absolute Gasteiger partial charge is 0.422 e. The van der Waals surface area contributed by atoms with Crippen molar-refractivity contribution in [3.05, 3.63) is 47.7 Å². The average molecular weight is 411 g/mol. The van der Waals surface area contributed by atoms with Crippen molar-refractivity contribution in [2.75, 3.05) is 26.9 Å². The highest BCUT2D eigenvalue weighted by molar-refractivity contribution is 5.74. The van der Waals surface area contributed by atoms with Crippen molar-refractivity contribution in [2.45, 2.75) is 19.3 Å². The van der Waals surface area contributed by atoms with E-state index in [0.717, 1.165) is 5.56 Å². The van der Waals surface area contributed by atoms with Crippen LogP contribution in [0, 0.1) is 0 Å². The first kappa shape index (κ1) is 20.6. The van der Waals surface area contributed by atoms with Gasteiger partial charge in [0, 0.05) is 31.9 Å². The molecule has 0 bridgehead atoms. The third-order valence-corrected chi connectivity index (χ3v) is 4.03. The molecule has 0 atom stereocenters. The van der Waals surface area contributed by atoms with Crippen molar-refractivity contribution in [1.29, 1.82) is 0 Å². The molecule has 10 heteroatoms. The van der Waals surface area contributed by atoms with Gasteiger partial charge in [-0.05, 0) is 23.8 Å². The number of alkyl halides is 3. The molecule has 7 nitrogen and oxygen atoms in total. The van der Waals surface area contributed by atoms with E-state index in [1.54, 1.807) is 25.2 Å². The Morgan fingerprint density at radius 1 is 1.24 bits per heavy atom. The van der Waals surface area contributed by atoms with Crippen molar-refractivity contribution in [3.63, 3.8) is 0 Å². The minimum atomic E-state index is -4.47. The highest BCUT2D eigenvalue weighted by atomic mass is 19.4. The minimum Gasteiger partial charge on any atom is -0.486 e. The van der Waals surface area contributed by atoms with E-state index in [4.69, 9.17) is 14.2 Å². The van der Waals surface area contributed by atoms with Crippen LogP contribution in [0.1, 0.15) is 11.1 Å². The van der Waals surface area contributed by atoms with Crippen LogP contribution >= 0.6 is 0 Å². The number of urea groups is 1. The number of hydrogen-bond donors (Lipinski definition) is 1. The number of nitrogens with zero attached hydrogens (tertiary/aromatic N) is 2. The van der Waals surface area contributed by atoms with Gasteiger partial charge in [0.1, 0.15) is 13.2 Å². The Hall–Kier alpha value is -3.17. The Balaban J connectivity index is 1.55. The number of aromatic nitrogens is 1. The van der Waals surface area contributed by atoms with Crippen LogP contribution in [0.2, 0.25) is 0 Å². The third-order valence-electron chi connectivity index (χ3n) is 4.03. The summed E-state index contributed by atoms with van der Waals surface area (Å²) in [6, 6.07) is 8.13. The molecule has 1 N–H and O–H groups in total. The summed E-state index contributed by atoms with van der Waals surface area (Å²) in [7, 11) is 1.61. The first-order chi connectivity index (χ1) is 13.8.